The summed E-state index contributed by atoms with van der Waals surface area (Å²) >= 11 is 0. The number of ether oxygens (including phenoxy) is 2. The molecule has 0 unspecified atom stereocenters. The van der Waals surface area contributed by atoms with Crippen LogP contribution in [0.5, 0.6) is 11.5 Å². The first-order chi connectivity index (χ1) is 18.2. The van der Waals surface area contributed by atoms with Gasteiger partial charge in [0.25, 0.3) is 5.91 Å². The molecule has 38 heavy (non-hydrogen) atoms. The van der Waals surface area contributed by atoms with Crippen molar-refractivity contribution in [3.63, 3.8) is 0 Å². The number of hydrogen-bond donors (Lipinski definition) is 0. The highest BCUT2D eigenvalue weighted by Crippen LogP contribution is 2.32. The van der Waals surface area contributed by atoms with Gasteiger partial charge in [-0.05, 0) is 55.0 Å². The Hall–Kier alpha value is -4.34. The van der Waals surface area contributed by atoms with E-state index in [0.717, 1.165) is 17.7 Å². The molecule has 4 rings (SSSR count). The van der Waals surface area contributed by atoms with Gasteiger partial charge >= 0.3 is 6.18 Å². The van der Waals surface area contributed by atoms with E-state index in [4.69, 9.17) is 14.0 Å². The molecule has 0 aliphatic rings. The van der Waals surface area contributed by atoms with E-state index in [1.165, 1.54) is 26.4 Å². The number of carbonyl (C=O) groups excluding carboxylic acids is 1. The smallest absolute Gasteiger partial charge is 0.416 e. The first-order valence-electron chi connectivity index (χ1n) is 11.8. The highest BCUT2D eigenvalue weighted by molar-refractivity contribution is 5.94. The lowest BCUT2D eigenvalue weighted by Gasteiger charge is -2.29. The average molecular weight is 526 g/mol. The van der Waals surface area contributed by atoms with Crippen molar-refractivity contribution in [3.05, 3.63) is 95.4 Å². The maximum absolute atomic E-state index is 13.5. The van der Waals surface area contributed by atoms with Crippen LogP contribution in [0.2, 0.25) is 0 Å². The second kappa shape index (κ2) is 11.4. The number of aromatic nitrogens is 2. The third-order valence-electron chi connectivity index (χ3n) is 6.15. The lowest BCUT2D eigenvalue weighted by atomic mass is 10.0. The molecule has 4 aromatic rings. The van der Waals surface area contributed by atoms with E-state index in [1.54, 1.807) is 23.1 Å². The third-order valence-corrected chi connectivity index (χ3v) is 6.15. The van der Waals surface area contributed by atoms with Gasteiger partial charge in [0.2, 0.25) is 11.7 Å². The summed E-state index contributed by atoms with van der Waals surface area (Å²) in [4.78, 5) is 19.5. The van der Waals surface area contributed by atoms with Crippen molar-refractivity contribution in [2.75, 3.05) is 20.8 Å². The highest BCUT2D eigenvalue weighted by atomic mass is 19.4. The molecule has 0 spiro atoms. The molecule has 0 aliphatic carbocycles. The lowest BCUT2D eigenvalue weighted by molar-refractivity contribution is -0.137. The summed E-state index contributed by atoms with van der Waals surface area (Å²) < 4.78 is 55.0. The number of halogens is 3. The Kier molecular flexibility index (Phi) is 7.99. The summed E-state index contributed by atoms with van der Waals surface area (Å²) in [5, 5.41) is 4.04. The number of hydrogen-bond acceptors (Lipinski definition) is 6. The van der Waals surface area contributed by atoms with Crippen LogP contribution in [-0.2, 0) is 12.6 Å². The molecule has 10 heteroatoms. The lowest BCUT2D eigenvalue weighted by Crippen LogP contribution is -2.35. The van der Waals surface area contributed by atoms with E-state index in [2.05, 4.69) is 10.1 Å². The van der Waals surface area contributed by atoms with E-state index in [-0.39, 0.29) is 24.6 Å². The number of amides is 1. The molecule has 1 atom stereocenters. The minimum absolute atomic E-state index is 0.150. The van der Waals surface area contributed by atoms with Gasteiger partial charge in [-0.2, -0.15) is 18.2 Å². The van der Waals surface area contributed by atoms with Crippen molar-refractivity contribution >= 4 is 5.91 Å². The molecular weight excluding hydrogens is 499 g/mol. The zero-order valence-electron chi connectivity index (χ0n) is 21.0. The van der Waals surface area contributed by atoms with Crippen molar-refractivity contribution in [2.45, 2.75) is 25.6 Å². The molecule has 0 N–H and O–H groups in total. The molecule has 198 valence electrons. The summed E-state index contributed by atoms with van der Waals surface area (Å²) in [6.45, 7) is 2.06. The number of carbonyl (C=O) groups is 1. The van der Waals surface area contributed by atoms with Gasteiger partial charge < -0.3 is 18.9 Å². The van der Waals surface area contributed by atoms with Crippen molar-refractivity contribution < 1.29 is 32.0 Å². The molecule has 0 aliphatic heterocycles. The number of nitrogens with zero attached hydrogens (tertiary/aromatic N) is 3. The fraction of sp³-hybridized carbons (Fsp3) is 0.250. The van der Waals surface area contributed by atoms with Gasteiger partial charge in [0.05, 0.1) is 25.8 Å². The number of benzene rings is 3. The van der Waals surface area contributed by atoms with Crippen LogP contribution < -0.4 is 9.47 Å². The predicted molar refractivity (Wildman–Crippen MR) is 134 cm³/mol. The second-order valence-electron chi connectivity index (χ2n) is 8.49. The predicted octanol–water partition coefficient (Wildman–Crippen LogP) is 6.22. The largest absolute Gasteiger partial charge is 0.493 e. The van der Waals surface area contributed by atoms with E-state index >= 15 is 0 Å². The first-order valence-corrected chi connectivity index (χ1v) is 11.8. The Labute approximate surface area is 217 Å². The Morgan fingerprint density at radius 3 is 2.29 bits per heavy atom. The summed E-state index contributed by atoms with van der Waals surface area (Å²) in [6, 6.07) is 18.4. The molecule has 0 bridgehead atoms. The summed E-state index contributed by atoms with van der Waals surface area (Å²) in [7, 11) is 3.07. The summed E-state index contributed by atoms with van der Waals surface area (Å²) in [6.07, 6.45) is -4.24. The van der Waals surface area contributed by atoms with Crippen molar-refractivity contribution in [3.8, 4) is 22.9 Å². The topological polar surface area (TPSA) is 77.7 Å². The Balaban J connectivity index is 1.56. The minimum Gasteiger partial charge on any atom is -0.493 e. The van der Waals surface area contributed by atoms with Crippen molar-refractivity contribution in [1.82, 2.24) is 15.0 Å². The average Bonchev–Trinajstić information content (AvgIpc) is 3.41. The normalized spacial score (nSPS) is 12.2. The van der Waals surface area contributed by atoms with Crippen molar-refractivity contribution in [1.29, 1.82) is 0 Å². The SMILES string of the molecule is COc1ccc(-c2noc(CCN(C(=O)c3ccc(C(F)(F)F)cc3)[C@H](C)c3ccccc3)n2)cc1OC. The van der Waals surface area contributed by atoms with E-state index in [9.17, 15) is 18.0 Å². The molecule has 0 radical (unpaired) electrons. The van der Waals surface area contributed by atoms with Gasteiger partial charge in [0.1, 0.15) is 0 Å². The van der Waals surface area contributed by atoms with E-state index in [1.807, 2.05) is 37.3 Å². The highest BCUT2D eigenvalue weighted by Gasteiger charge is 2.31. The van der Waals surface area contributed by atoms with Crippen LogP contribution >= 0.6 is 0 Å². The Morgan fingerprint density at radius 2 is 1.66 bits per heavy atom. The zero-order valence-corrected chi connectivity index (χ0v) is 21.0. The number of rotatable bonds is 9. The number of alkyl halides is 3. The fourth-order valence-corrected chi connectivity index (χ4v) is 4.02. The van der Waals surface area contributed by atoms with Crippen LogP contribution in [0.4, 0.5) is 13.2 Å². The maximum Gasteiger partial charge on any atom is 0.416 e. The molecular formula is C28H26F3N3O4. The molecule has 1 aromatic heterocycles. The zero-order chi connectivity index (χ0) is 27.3. The van der Waals surface area contributed by atoms with Crippen LogP contribution in [0.1, 0.15) is 40.3 Å². The van der Waals surface area contributed by atoms with Crippen LogP contribution in [0.3, 0.4) is 0 Å². The van der Waals surface area contributed by atoms with Gasteiger partial charge in [0, 0.05) is 24.1 Å². The fourth-order valence-electron chi connectivity index (χ4n) is 4.02. The molecule has 0 saturated heterocycles. The molecule has 7 nitrogen and oxygen atoms in total. The van der Waals surface area contributed by atoms with Gasteiger partial charge in [-0.25, -0.2) is 0 Å². The molecule has 3 aromatic carbocycles. The first kappa shape index (κ1) is 26.7. The van der Waals surface area contributed by atoms with Gasteiger partial charge in [0.15, 0.2) is 11.5 Å². The monoisotopic (exact) mass is 525 g/mol. The van der Waals surface area contributed by atoms with E-state index < -0.39 is 17.6 Å². The molecule has 1 amide bonds. The minimum atomic E-state index is -4.48. The maximum atomic E-state index is 13.5. The molecule has 0 saturated carbocycles. The summed E-state index contributed by atoms with van der Waals surface area (Å²) in [5.41, 5.74) is 0.875. The summed E-state index contributed by atoms with van der Waals surface area (Å²) in [5.74, 6) is 1.32. The van der Waals surface area contributed by atoms with Crippen LogP contribution in [0.15, 0.2) is 77.3 Å². The Bertz CT molecular complexity index is 1370. The quantitative estimate of drug-likeness (QED) is 0.258. The Morgan fingerprint density at radius 1 is 0.974 bits per heavy atom. The van der Waals surface area contributed by atoms with E-state index in [0.29, 0.717) is 28.8 Å². The van der Waals surface area contributed by atoms with Crippen LogP contribution in [0.25, 0.3) is 11.4 Å². The number of methoxy groups -OCH3 is 2. The van der Waals surface area contributed by atoms with Crippen LogP contribution in [-0.4, -0.2) is 41.7 Å². The van der Waals surface area contributed by atoms with Crippen molar-refractivity contribution in [2.24, 2.45) is 0 Å². The second-order valence-corrected chi connectivity index (χ2v) is 8.49. The van der Waals surface area contributed by atoms with Gasteiger partial charge in [-0.1, -0.05) is 35.5 Å². The van der Waals surface area contributed by atoms with Gasteiger partial charge in [-0.15, -0.1) is 0 Å². The van der Waals surface area contributed by atoms with Crippen LogP contribution in [0, 0.1) is 0 Å². The third kappa shape index (κ3) is 5.96. The molecule has 0 fully saturated rings. The standard InChI is InChI=1S/C28H26F3N3O4/c1-18(19-7-5-4-6-8-19)34(27(35)20-9-12-22(13-10-20)28(29,30)31)16-15-25-32-26(33-38-25)21-11-14-23(36-2)24(17-21)37-3/h4-14,17-18H,15-16H2,1-3H3/t18-/m1/s1. The molecule has 1 heterocycles. The van der Waals surface area contributed by atoms with Gasteiger partial charge in [-0.3, -0.25) is 4.79 Å².